The summed E-state index contributed by atoms with van der Waals surface area (Å²) in [6.07, 6.45) is 6.22. The van der Waals surface area contributed by atoms with Crippen LogP contribution in [0.15, 0.2) is 23.5 Å². The van der Waals surface area contributed by atoms with E-state index >= 15 is 0 Å². The van der Waals surface area contributed by atoms with Crippen molar-refractivity contribution >= 4 is 28.7 Å². The van der Waals surface area contributed by atoms with Crippen molar-refractivity contribution in [2.75, 3.05) is 17.2 Å². The molecular formula is C17H19N7OS. The lowest BCUT2D eigenvalue weighted by Gasteiger charge is -2.26. The van der Waals surface area contributed by atoms with Gasteiger partial charge in [-0.2, -0.15) is 16.9 Å². The lowest BCUT2D eigenvalue weighted by Crippen LogP contribution is -2.38. The predicted octanol–water partition coefficient (Wildman–Crippen LogP) is 1.37. The Morgan fingerprint density at radius 1 is 1.31 bits per heavy atom. The van der Waals surface area contributed by atoms with Crippen molar-refractivity contribution in [3.63, 3.8) is 0 Å². The monoisotopic (exact) mass is 369 g/mol. The van der Waals surface area contributed by atoms with Gasteiger partial charge in [0.15, 0.2) is 11.5 Å². The van der Waals surface area contributed by atoms with Crippen LogP contribution in [0, 0.1) is 0 Å². The van der Waals surface area contributed by atoms with E-state index in [4.69, 9.17) is 0 Å². The third-order valence-corrected chi connectivity index (χ3v) is 6.15. The maximum Gasteiger partial charge on any atom is 0.267 e. The first-order chi connectivity index (χ1) is 12.8. The number of hydrogen-bond donors (Lipinski definition) is 1. The van der Waals surface area contributed by atoms with Crippen molar-refractivity contribution in [1.82, 2.24) is 29.7 Å². The summed E-state index contributed by atoms with van der Waals surface area (Å²) in [5.74, 6) is 2.83. The summed E-state index contributed by atoms with van der Waals surface area (Å²) in [5, 5.41) is 4.67. The normalized spacial score (nSPS) is 19.8. The number of nitrogens with one attached hydrogen (secondary N) is 1. The summed E-state index contributed by atoms with van der Waals surface area (Å²) in [5.41, 5.74) is 3.68. The molecule has 0 aliphatic carbocycles. The smallest absolute Gasteiger partial charge is 0.267 e. The molecule has 134 valence electrons. The number of hydrogen-bond acceptors (Lipinski definition) is 7. The van der Waals surface area contributed by atoms with E-state index in [0.29, 0.717) is 12.2 Å². The minimum Gasteiger partial charge on any atom is -0.350 e. The Morgan fingerprint density at radius 3 is 3.23 bits per heavy atom. The summed E-state index contributed by atoms with van der Waals surface area (Å²) in [6, 6.07) is 1.96. The second kappa shape index (κ2) is 6.39. The molecule has 2 aliphatic rings. The summed E-state index contributed by atoms with van der Waals surface area (Å²) >= 11 is 1.86. The number of H-pyrrole nitrogens is 1. The van der Waals surface area contributed by atoms with Crippen LogP contribution in [0.3, 0.4) is 0 Å². The van der Waals surface area contributed by atoms with Crippen molar-refractivity contribution in [1.29, 1.82) is 0 Å². The lowest BCUT2D eigenvalue weighted by molar-refractivity contribution is 0.480. The Labute approximate surface area is 154 Å². The van der Waals surface area contributed by atoms with Crippen molar-refractivity contribution in [2.45, 2.75) is 37.6 Å². The van der Waals surface area contributed by atoms with Gasteiger partial charge in [0.1, 0.15) is 11.8 Å². The number of thioether (sulfide) groups is 1. The van der Waals surface area contributed by atoms with Crippen LogP contribution in [0.1, 0.15) is 24.1 Å². The maximum absolute atomic E-state index is 12.5. The van der Waals surface area contributed by atoms with E-state index in [1.54, 1.807) is 23.4 Å². The van der Waals surface area contributed by atoms with E-state index in [1.807, 2.05) is 11.8 Å². The van der Waals surface area contributed by atoms with E-state index < -0.39 is 0 Å². The summed E-state index contributed by atoms with van der Waals surface area (Å²) in [7, 11) is 0. The van der Waals surface area contributed by atoms with Crippen molar-refractivity contribution in [2.24, 2.45) is 0 Å². The third kappa shape index (κ3) is 2.66. The summed E-state index contributed by atoms with van der Waals surface area (Å²) in [6.45, 7) is 1.49. The van der Waals surface area contributed by atoms with Crippen LogP contribution in [0.25, 0.3) is 11.2 Å². The molecule has 3 aromatic heterocycles. The highest BCUT2D eigenvalue weighted by Crippen LogP contribution is 2.28. The Hall–Kier alpha value is -2.42. The van der Waals surface area contributed by atoms with Crippen LogP contribution in [0.5, 0.6) is 0 Å². The molecule has 0 spiro atoms. The van der Waals surface area contributed by atoms with Gasteiger partial charge >= 0.3 is 0 Å². The predicted molar refractivity (Wildman–Crippen MR) is 100 cm³/mol. The van der Waals surface area contributed by atoms with E-state index in [1.165, 1.54) is 0 Å². The van der Waals surface area contributed by atoms with Gasteiger partial charge in [0.05, 0.1) is 24.6 Å². The Kier molecular flexibility index (Phi) is 3.88. The third-order valence-electron chi connectivity index (χ3n) is 5.14. The fourth-order valence-corrected chi connectivity index (χ4v) is 4.81. The van der Waals surface area contributed by atoms with Gasteiger partial charge in [0.2, 0.25) is 0 Å². The first-order valence-corrected chi connectivity index (χ1v) is 10.0. The topological polar surface area (TPSA) is 92.6 Å². The van der Waals surface area contributed by atoms with Gasteiger partial charge in [-0.15, -0.1) is 0 Å². The van der Waals surface area contributed by atoms with E-state index in [-0.39, 0.29) is 11.6 Å². The van der Waals surface area contributed by atoms with Gasteiger partial charge in [-0.1, -0.05) is 0 Å². The molecule has 5 heterocycles. The van der Waals surface area contributed by atoms with Crippen LogP contribution in [-0.2, 0) is 18.7 Å². The lowest BCUT2D eigenvalue weighted by atomic mass is 10.2. The van der Waals surface area contributed by atoms with E-state index in [2.05, 4.69) is 29.9 Å². The zero-order valence-corrected chi connectivity index (χ0v) is 15.1. The highest BCUT2D eigenvalue weighted by Gasteiger charge is 2.29. The van der Waals surface area contributed by atoms with Gasteiger partial charge in [0, 0.05) is 24.8 Å². The summed E-state index contributed by atoms with van der Waals surface area (Å²) in [4.78, 5) is 30.8. The molecule has 26 heavy (non-hydrogen) atoms. The van der Waals surface area contributed by atoms with E-state index in [0.717, 1.165) is 59.9 Å². The van der Waals surface area contributed by atoms with Crippen LogP contribution in [0.4, 0.5) is 5.82 Å². The second-order valence-corrected chi connectivity index (χ2v) is 7.83. The van der Waals surface area contributed by atoms with Crippen LogP contribution in [-0.4, -0.2) is 48.1 Å². The number of aromatic nitrogens is 6. The highest BCUT2D eigenvalue weighted by molar-refractivity contribution is 7.98. The molecule has 8 nitrogen and oxygen atoms in total. The molecule has 5 rings (SSSR count). The van der Waals surface area contributed by atoms with Crippen LogP contribution < -0.4 is 10.5 Å². The molecule has 1 atom stereocenters. The van der Waals surface area contributed by atoms with Gasteiger partial charge in [-0.25, -0.2) is 19.6 Å². The number of nitrogens with zero attached hydrogens (tertiary/aromatic N) is 6. The minimum atomic E-state index is -0.00697. The van der Waals surface area contributed by atoms with Crippen molar-refractivity contribution in [3.8, 4) is 0 Å². The Morgan fingerprint density at radius 2 is 2.27 bits per heavy atom. The molecule has 1 N–H and O–H groups in total. The number of aryl methyl sites for hydroxylation is 1. The van der Waals surface area contributed by atoms with Crippen molar-refractivity contribution in [3.05, 3.63) is 40.3 Å². The molecule has 9 heteroatoms. The molecular weight excluding hydrogens is 350 g/mol. The quantitative estimate of drug-likeness (QED) is 0.745. The first-order valence-electron chi connectivity index (χ1n) is 8.88. The average Bonchev–Trinajstić information content (AvgIpc) is 3.31. The highest BCUT2D eigenvalue weighted by atomic mass is 32.2. The molecule has 0 radical (unpaired) electrons. The van der Waals surface area contributed by atoms with Gasteiger partial charge in [0.25, 0.3) is 5.56 Å². The zero-order chi connectivity index (χ0) is 17.5. The SMILES string of the molecule is O=c1cc2c(nn1CC1CCCN1c1ncnc3nc[nH]c13)CCSC2. The molecule has 0 bridgehead atoms. The second-order valence-electron chi connectivity index (χ2n) is 6.73. The number of anilines is 1. The van der Waals surface area contributed by atoms with Crippen LogP contribution >= 0.6 is 11.8 Å². The number of aromatic amines is 1. The summed E-state index contributed by atoms with van der Waals surface area (Å²) < 4.78 is 1.64. The van der Waals surface area contributed by atoms with Gasteiger partial charge < -0.3 is 9.88 Å². The first kappa shape index (κ1) is 15.8. The standard InChI is InChI=1S/C17H19N7OS/c25-14-6-11-8-26-5-3-13(11)22-24(14)7-12-2-1-4-23(12)17-15-16(19-9-18-15)20-10-21-17/h6,9-10,12H,1-5,7-8H2,(H,18,19,20,21). The Bertz CT molecular complexity index is 1010. The average molecular weight is 369 g/mol. The molecule has 1 fully saturated rings. The maximum atomic E-state index is 12.5. The zero-order valence-electron chi connectivity index (χ0n) is 14.3. The minimum absolute atomic E-state index is 0.00697. The fraction of sp³-hybridized carbons (Fsp3) is 0.471. The largest absolute Gasteiger partial charge is 0.350 e. The van der Waals surface area contributed by atoms with Crippen molar-refractivity contribution < 1.29 is 0 Å². The Balaban J connectivity index is 1.47. The van der Waals surface area contributed by atoms with Crippen LogP contribution in [0.2, 0.25) is 0 Å². The number of fused-ring (bicyclic) bond motifs is 2. The molecule has 0 amide bonds. The number of rotatable bonds is 3. The van der Waals surface area contributed by atoms with Gasteiger partial charge in [-0.3, -0.25) is 4.79 Å². The van der Waals surface area contributed by atoms with Gasteiger partial charge in [-0.05, 0) is 24.2 Å². The van der Waals surface area contributed by atoms with E-state index in [9.17, 15) is 4.79 Å². The number of imidazole rings is 1. The molecule has 1 unspecified atom stereocenters. The molecule has 3 aromatic rings. The molecule has 1 saturated heterocycles. The molecule has 0 saturated carbocycles. The molecule has 0 aromatic carbocycles. The fourth-order valence-electron chi connectivity index (χ4n) is 3.86. The molecule has 2 aliphatic heterocycles.